The Labute approximate surface area is 170 Å². The number of halogens is 1. The summed E-state index contributed by atoms with van der Waals surface area (Å²) in [6, 6.07) is 12.3. The van der Waals surface area contributed by atoms with Crippen LogP contribution in [0.15, 0.2) is 59.5 Å². The number of hydrogen-bond donors (Lipinski definition) is 1. The van der Waals surface area contributed by atoms with Gasteiger partial charge in [0.1, 0.15) is 17.7 Å². The highest BCUT2D eigenvalue weighted by molar-refractivity contribution is 6.30. The molecular weight excluding hydrogens is 394 g/mol. The lowest BCUT2D eigenvalue weighted by Crippen LogP contribution is -2.28. The second-order valence-corrected chi connectivity index (χ2v) is 6.88. The minimum Gasteiger partial charge on any atom is -0.463 e. The fourth-order valence-corrected chi connectivity index (χ4v) is 3.12. The number of nitrogens with two attached hydrogens (primary N) is 1. The van der Waals surface area contributed by atoms with Crippen LogP contribution in [0.4, 0.5) is 0 Å². The Morgan fingerprint density at radius 2 is 2.00 bits per heavy atom. The highest BCUT2D eigenvalue weighted by atomic mass is 35.5. The molecule has 3 heterocycles. The zero-order valence-corrected chi connectivity index (χ0v) is 16.1. The minimum absolute atomic E-state index is 0.0205. The van der Waals surface area contributed by atoms with E-state index in [-0.39, 0.29) is 22.9 Å². The van der Waals surface area contributed by atoms with Crippen molar-refractivity contribution < 1.29 is 14.0 Å². The fourth-order valence-electron chi connectivity index (χ4n) is 2.99. The molecule has 4 rings (SSSR count). The van der Waals surface area contributed by atoms with E-state index in [0.717, 1.165) is 5.56 Å². The van der Waals surface area contributed by atoms with Gasteiger partial charge in [-0.1, -0.05) is 23.7 Å². The molecule has 4 aromatic rings. The minimum atomic E-state index is -0.732. The molecule has 1 aromatic carbocycles. The van der Waals surface area contributed by atoms with E-state index in [4.69, 9.17) is 21.8 Å². The van der Waals surface area contributed by atoms with Gasteiger partial charge < -0.3 is 15.1 Å². The van der Waals surface area contributed by atoms with Crippen LogP contribution < -0.4 is 5.73 Å². The monoisotopic (exact) mass is 409 g/mol. The fraction of sp³-hybridized carbons (Fsp3) is 0.100. The number of nitrogens with zero attached hydrogens (tertiary/aromatic N) is 4. The summed E-state index contributed by atoms with van der Waals surface area (Å²) in [7, 11) is 1.68. The molecule has 8 nitrogen and oxygen atoms in total. The number of aromatic nitrogens is 3. The molecule has 2 N–H and O–H groups in total. The van der Waals surface area contributed by atoms with Crippen molar-refractivity contribution in [3.63, 3.8) is 0 Å². The highest BCUT2D eigenvalue weighted by Crippen LogP contribution is 2.23. The predicted molar refractivity (Wildman–Crippen MR) is 106 cm³/mol. The molecule has 0 aliphatic rings. The van der Waals surface area contributed by atoms with Gasteiger partial charge in [0.25, 0.3) is 11.8 Å². The molecule has 0 unspecified atom stereocenters. The summed E-state index contributed by atoms with van der Waals surface area (Å²) in [6.07, 6.45) is 2.86. The number of hydrogen-bond acceptors (Lipinski definition) is 5. The predicted octanol–water partition coefficient (Wildman–Crippen LogP) is 3.01. The van der Waals surface area contributed by atoms with E-state index >= 15 is 0 Å². The van der Waals surface area contributed by atoms with Crippen LogP contribution in [0.25, 0.3) is 17.1 Å². The third-order valence-corrected chi connectivity index (χ3v) is 4.66. The molecule has 0 radical (unpaired) electrons. The second-order valence-electron chi connectivity index (χ2n) is 6.44. The van der Waals surface area contributed by atoms with Crippen molar-refractivity contribution in [1.82, 2.24) is 19.3 Å². The first-order chi connectivity index (χ1) is 13.9. The molecule has 146 valence electrons. The summed E-state index contributed by atoms with van der Waals surface area (Å²) in [4.78, 5) is 34.9. The van der Waals surface area contributed by atoms with Gasteiger partial charge in [0, 0.05) is 18.6 Å². The van der Waals surface area contributed by atoms with Crippen molar-refractivity contribution in [1.29, 1.82) is 0 Å². The number of furan rings is 1. The lowest BCUT2D eigenvalue weighted by atomic mass is 10.2. The first-order valence-corrected chi connectivity index (χ1v) is 9.03. The van der Waals surface area contributed by atoms with Crippen molar-refractivity contribution in [2.45, 2.75) is 6.54 Å². The van der Waals surface area contributed by atoms with Crippen molar-refractivity contribution >= 4 is 29.1 Å². The van der Waals surface area contributed by atoms with Gasteiger partial charge in [0.15, 0.2) is 17.1 Å². The Hall–Kier alpha value is -3.65. The smallest absolute Gasteiger partial charge is 0.271 e. The molecule has 2 amide bonds. The van der Waals surface area contributed by atoms with E-state index < -0.39 is 5.91 Å². The van der Waals surface area contributed by atoms with E-state index in [1.807, 2.05) is 12.1 Å². The Bertz CT molecular complexity index is 1200. The molecule has 0 saturated carbocycles. The van der Waals surface area contributed by atoms with Gasteiger partial charge in [-0.3, -0.25) is 14.0 Å². The zero-order chi connectivity index (χ0) is 20.5. The molecule has 0 aliphatic carbocycles. The molecule has 0 aliphatic heterocycles. The lowest BCUT2D eigenvalue weighted by molar-refractivity contribution is 0.0777. The number of imidazole rings is 1. The van der Waals surface area contributed by atoms with Crippen LogP contribution in [0.3, 0.4) is 0 Å². The topological polar surface area (TPSA) is 107 Å². The summed E-state index contributed by atoms with van der Waals surface area (Å²) < 4.78 is 6.85. The Balaban J connectivity index is 1.77. The molecule has 0 spiro atoms. The van der Waals surface area contributed by atoms with Crippen molar-refractivity contribution in [2.24, 2.45) is 5.73 Å². The molecule has 0 fully saturated rings. The van der Waals surface area contributed by atoms with Crippen LogP contribution in [0.2, 0.25) is 5.02 Å². The number of carbonyl (C=O) groups is 2. The quantitative estimate of drug-likeness (QED) is 0.545. The molecule has 9 heteroatoms. The first kappa shape index (κ1) is 18.7. The van der Waals surface area contributed by atoms with Gasteiger partial charge >= 0.3 is 0 Å². The number of benzene rings is 1. The zero-order valence-electron chi connectivity index (χ0n) is 15.4. The normalized spacial score (nSPS) is 11.0. The summed E-state index contributed by atoms with van der Waals surface area (Å²) in [5, 5.41) is 0.624. The van der Waals surface area contributed by atoms with Crippen LogP contribution in [0.1, 0.15) is 26.5 Å². The Morgan fingerprint density at radius 1 is 1.24 bits per heavy atom. The third kappa shape index (κ3) is 3.57. The molecule has 0 atom stereocenters. The number of primary amides is 1. The van der Waals surface area contributed by atoms with Gasteiger partial charge in [-0.15, -0.1) is 0 Å². The van der Waals surface area contributed by atoms with Crippen LogP contribution in [-0.4, -0.2) is 38.1 Å². The van der Waals surface area contributed by atoms with Gasteiger partial charge in [-0.25, -0.2) is 9.97 Å². The largest absolute Gasteiger partial charge is 0.463 e. The summed E-state index contributed by atoms with van der Waals surface area (Å²) in [6.45, 7) is 0.368. The van der Waals surface area contributed by atoms with Crippen LogP contribution in [-0.2, 0) is 6.54 Å². The van der Waals surface area contributed by atoms with Crippen molar-refractivity contribution in [3.8, 4) is 11.5 Å². The van der Waals surface area contributed by atoms with Gasteiger partial charge in [-0.05, 0) is 35.9 Å². The van der Waals surface area contributed by atoms with Crippen LogP contribution >= 0.6 is 11.6 Å². The highest BCUT2D eigenvalue weighted by Gasteiger charge is 2.22. The van der Waals surface area contributed by atoms with E-state index in [0.29, 0.717) is 23.0 Å². The third-order valence-electron chi connectivity index (χ3n) is 4.41. The maximum Gasteiger partial charge on any atom is 0.271 e. The Kier molecular flexibility index (Phi) is 4.77. The average molecular weight is 410 g/mol. The molecule has 0 saturated heterocycles. The van der Waals surface area contributed by atoms with Gasteiger partial charge in [0.05, 0.1) is 6.26 Å². The van der Waals surface area contributed by atoms with Gasteiger partial charge in [0.2, 0.25) is 0 Å². The molecule has 29 heavy (non-hydrogen) atoms. The van der Waals surface area contributed by atoms with Crippen LogP contribution in [0.5, 0.6) is 0 Å². The summed E-state index contributed by atoms with van der Waals surface area (Å²) in [5.74, 6) is -0.559. The van der Waals surface area contributed by atoms with E-state index in [1.54, 1.807) is 42.3 Å². The number of rotatable bonds is 5. The second kappa shape index (κ2) is 7.40. The number of carbonyl (C=O) groups excluding carboxylic acids is 2. The van der Waals surface area contributed by atoms with Crippen molar-refractivity contribution in [2.75, 3.05) is 7.05 Å². The maximum atomic E-state index is 13.2. The number of fused-ring (bicyclic) bond motifs is 1. The lowest BCUT2D eigenvalue weighted by Gasteiger charge is -2.18. The molecule has 3 aromatic heterocycles. The van der Waals surface area contributed by atoms with Crippen LogP contribution in [0, 0.1) is 0 Å². The molecular formula is C20H16ClN5O3. The SMILES string of the molecule is CN(Cc1ccc(Cl)cc1)C(=O)c1cc(-c2ccco2)nc2c(C(N)=O)ncn12. The number of amides is 2. The van der Waals surface area contributed by atoms with E-state index in [2.05, 4.69) is 9.97 Å². The van der Waals surface area contributed by atoms with Crippen molar-refractivity contribution in [3.05, 3.63) is 77.0 Å². The Morgan fingerprint density at radius 3 is 2.66 bits per heavy atom. The average Bonchev–Trinajstić information content (AvgIpc) is 3.38. The van der Waals surface area contributed by atoms with Gasteiger partial charge in [-0.2, -0.15) is 0 Å². The standard InChI is InChI=1S/C20H16ClN5O3/c1-25(10-12-4-6-13(21)7-5-12)20(28)15-9-14(16-3-2-8-29-16)24-19-17(18(22)27)23-11-26(15)19/h2-9,11H,10H2,1H3,(H2,22,27). The summed E-state index contributed by atoms with van der Waals surface area (Å²) in [5.41, 5.74) is 7.17. The van der Waals surface area contributed by atoms with E-state index in [9.17, 15) is 9.59 Å². The molecule has 0 bridgehead atoms. The first-order valence-electron chi connectivity index (χ1n) is 8.65. The summed E-state index contributed by atoms with van der Waals surface area (Å²) >= 11 is 5.92. The maximum absolute atomic E-state index is 13.2. The van der Waals surface area contributed by atoms with E-state index in [1.165, 1.54) is 17.0 Å².